The maximum atomic E-state index is 12.7. The minimum absolute atomic E-state index is 0.108. The second kappa shape index (κ2) is 4.85. The lowest BCUT2D eigenvalue weighted by atomic mass is 10.1. The lowest BCUT2D eigenvalue weighted by Crippen LogP contribution is -2.30. The zero-order chi connectivity index (χ0) is 13.4. The van der Waals surface area contributed by atoms with Gasteiger partial charge in [0.05, 0.1) is 11.4 Å². The van der Waals surface area contributed by atoms with Crippen molar-refractivity contribution in [1.29, 1.82) is 0 Å². The van der Waals surface area contributed by atoms with Gasteiger partial charge in [0.15, 0.2) is 0 Å². The lowest BCUT2D eigenvalue weighted by Gasteiger charge is -2.19. The molecule has 4 heteroatoms. The molecule has 0 unspecified atom stereocenters. The van der Waals surface area contributed by atoms with E-state index in [1.54, 1.807) is 4.57 Å². The maximum absolute atomic E-state index is 12.7. The molecular weight excluding hydrogens is 256 g/mol. The Hall–Kier alpha value is -1.55. The van der Waals surface area contributed by atoms with Gasteiger partial charge in [0.2, 0.25) is 0 Å². The molecule has 1 aromatic carbocycles. The van der Waals surface area contributed by atoms with E-state index in [-0.39, 0.29) is 5.56 Å². The number of fused-ring (bicyclic) bond motifs is 1. The molecule has 0 bridgehead atoms. The molecule has 1 aliphatic heterocycles. The van der Waals surface area contributed by atoms with Gasteiger partial charge in [0.1, 0.15) is 5.82 Å². The first-order valence-electron chi connectivity index (χ1n) is 6.43. The van der Waals surface area contributed by atoms with Crippen molar-refractivity contribution < 1.29 is 0 Å². The third-order valence-electron chi connectivity index (χ3n) is 3.52. The second-order valence-electron chi connectivity index (χ2n) is 4.81. The van der Waals surface area contributed by atoms with Crippen molar-refractivity contribution in [3.63, 3.8) is 0 Å². The van der Waals surface area contributed by atoms with Gasteiger partial charge in [-0.1, -0.05) is 18.2 Å². The van der Waals surface area contributed by atoms with E-state index < -0.39 is 0 Å². The van der Waals surface area contributed by atoms with Crippen LogP contribution >= 0.6 is 11.8 Å². The molecule has 2 heterocycles. The van der Waals surface area contributed by atoms with Crippen LogP contribution in [-0.2, 0) is 12.2 Å². The second-order valence-corrected chi connectivity index (χ2v) is 5.92. The lowest BCUT2D eigenvalue weighted by molar-refractivity contribution is 0.807. The van der Waals surface area contributed by atoms with E-state index >= 15 is 0 Å². The van der Waals surface area contributed by atoms with Crippen molar-refractivity contribution in [3.05, 3.63) is 57.3 Å². The van der Waals surface area contributed by atoms with Gasteiger partial charge in [-0.2, -0.15) is 11.8 Å². The standard InChI is InChI=1S/C15H16N2OS/c1-10-5-3-4-6-14(10)17-11(2)16-13-9-19-8-7-12(13)15(17)18/h3-6H,7-9H2,1-2H3. The predicted octanol–water partition coefficient (Wildman–Crippen LogP) is 2.64. The molecule has 0 saturated heterocycles. The quantitative estimate of drug-likeness (QED) is 0.800. The van der Waals surface area contributed by atoms with Crippen LogP contribution in [0.1, 0.15) is 22.6 Å². The fourth-order valence-corrected chi connectivity index (χ4v) is 3.45. The first kappa shape index (κ1) is 12.5. The first-order valence-corrected chi connectivity index (χ1v) is 7.59. The number of hydrogen-bond acceptors (Lipinski definition) is 3. The fourth-order valence-electron chi connectivity index (χ4n) is 2.53. The molecule has 1 aromatic heterocycles. The Balaban J connectivity index is 2.28. The summed E-state index contributed by atoms with van der Waals surface area (Å²) in [6.45, 7) is 3.93. The number of benzene rings is 1. The number of rotatable bonds is 1. The summed E-state index contributed by atoms with van der Waals surface area (Å²) in [7, 11) is 0. The molecule has 0 fully saturated rings. The van der Waals surface area contributed by atoms with Gasteiger partial charge >= 0.3 is 0 Å². The third kappa shape index (κ3) is 2.10. The van der Waals surface area contributed by atoms with Gasteiger partial charge in [-0.15, -0.1) is 0 Å². The molecule has 0 N–H and O–H groups in total. The molecule has 0 aliphatic carbocycles. The van der Waals surface area contributed by atoms with Crippen LogP contribution in [0.4, 0.5) is 0 Å². The Kier molecular flexibility index (Phi) is 3.19. The van der Waals surface area contributed by atoms with E-state index in [0.717, 1.165) is 46.3 Å². The van der Waals surface area contributed by atoms with E-state index in [9.17, 15) is 4.79 Å². The average Bonchev–Trinajstić information content (AvgIpc) is 2.41. The van der Waals surface area contributed by atoms with E-state index in [1.807, 2.05) is 49.9 Å². The summed E-state index contributed by atoms with van der Waals surface area (Å²) in [5.41, 5.74) is 4.02. The van der Waals surface area contributed by atoms with Crippen LogP contribution in [0.3, 0.4) is 0 Å². The molecule has 0 saturated carbocycles. The number of para-hydroxylation sites is 1. The third-order valence-corrected chi connectivity index (χ3v) is 4.49. The highest BCUT2D eigenvalue weighted by Gasteiger charge is 2.19. The van der Waals surface area contributed by atoms with Crippen molar-refractivity contribution in [1.82, 2.24) is 9.55 Å². The zero-order valence-electron chi connectivity index (χ0n) is 11.1. The van der Waals surface area contributed by atoms with Crippen LogP contribution < -0.4 is 5.56 Å². The Bertz CT molecular complexity index is 691. The van der Waals surface area contributed by atoms with Gasteiger partial charge < -0.3 is 0 Å². The summed E-state index contributed by atoms with van der Waals surface area (Å²) in [5.74, 6) is 2.65. The smallest absolute Gasteiger partial charge is 0.261 e. The molecule has 2 aromatic rings. The number of nitrogens with zero attached hydrogens (tertiary/aromatic N) is 2. The highest BCUT2D eigenvalue weighted by Crippen LogP contribution is 2.22. The van der Waals surface area contributed by atoms with Gasteiger partial charge in [-0.25, -0.2) is 4.98 Å². The molecule has 0 spiro atoms. The van der Waals surface area contributed by atoms with Crippen molar-refractivity contribution in [3.8, 4) is 5.69 Å². The predicted molar refractivity (Wildman–Crippen MR) is 79.2 cm³/mol. The molecule has 19 heavy (non-hydrogen) atoms. The van der Waals surface area contributed by atoms with Crippen LogP contribution in [0.5, 0.6) is 0 Å². The van der Waals surface area contributed by atoms with Gasteiger partial charge in [-0.3, -0.25) is 9.36 Å². The monoisotopic (exact) mass is 272 g/mol. The van der Waals surface area contributed by atoms with Crippen LogP contribution in [0, 0.1) is 13.8 Å². The zero-order valence-corrected chi connectivity index (χ0v) is 12.0. The fraction of sp³-hybridized carbons (Fsp3) is 0.333. The van der Waals surface area contributed by atoms with Crippen LogP contribution in [0.2, 0.25) is 0 Å². The number of thioether (sulfide) groups is 1. The molecule has 3 nitrogen and oxygen atoms in total. The van der Waals surface area contributed by atoms with Gasteiger partial charge in [-0.05, 0) is 37.7 Å². The van der Waals surface area contributed by atoms with Crippen molar-refractivity contribution in [2.75, 3.05) is 5.75 Å². The van der Waals surface area contributed by atoms with Gasteiger partial charge in [0, 0.05) is 11.3 Å². The Morgan fingerprint density at radius 2 is 2.05 bits per heavy atom. The number of aromatic nitrogens is 2. The van der Waals surface area contributed by atoms with E-state index in [4.69, 9.17) is 0 Å². The van der Waals surface area contributed by atoms with Crippen LogP contribution in [-0.4, -0.2) is 15.3 Å². The van der Waals surface area contributed by atoms with Crippen molar-refractivity contribution in [2.45, 2.75) is 26.0 Å². The molecule has 0 atom stereocenters. The summed E-state index contributed by atoms with van der Waals surface area (Å²) in [6.07, 6.45) is 0.831. The minimum atomic E-state index is 0.108. The molecule has 0 amide bonds. The molecule has 0 radical (unpaired) electrons. The molecule has 98 valence electrons. The number of aryl methyl sites for hydroxylation is 2. The van der Waals surface area contributed by atoms with E-state index in [2.05, 4.69) is 4.98 Å². The van der Waals surface area contributed by atoms with Crippen molar-refractivity contribution in [2.24, 2.45) is 0 Å². The topological polar surface area (TPSA) is 34.9 Å². The summed E-state index contributed by atoms with van der Waals surface area (Å²) in [5, 5.41) is 0. The summed E-state index contributed by atoms with van der Waals surface area (Å²) < 4.78 is 1.75. The summed E-state index contributed by atoms with van der Waals surface area (Å²) >= 11 is 1.85. The van der Waals surface area contributed by atoms with Crippen molar-refractivity contribution >= 4 is 11.8 Å². The van der Waals surface area contributed by atoms with E-state index in [0.29, 0.717) is 0 Å². The van der Waals surface area contributed by atoms with E-state index in [1.165, 1.54) is 0 Å². The van der Waals surface area contributed by atoms with Crippen LogP contribution in [0.15, 0.2) is 29.1 Å². The Labute approximate surface area is 116 Å². The Morgan fingerprint density at radius 1 is 1.26 bits per heavy atom. The largest absolute Gasteiger partial charge is 0.269 e. The van der Waals surface area contributed by atoms with Gasteiger partial charge in [0.25, 0.3) is 5.56 Å². The highest BCUT2D eigenvalue weighted by molar-refractivity contribution is 7.98. The molecule has 3 rings (SSSR count). The summed E-state index contributed by atoms with van der Waals surface area (Å²) in [4.78, 5) is 17.3. The van der Waals surface area contributed by atoms with Crippen LogP contribution in [0.25, 0.3) is 5.69 Å². The number of hydrogen-bond donors (Lipinski definition) is 0. The SMILES string of the molecule is Cc1ccccc1-n1c(C)nc2c(c1=O)CCSC2. The maximum Gasteiger partial charge on any atom is 0.261 e. The first-order chi connectivity index (χ1) is 9.18. The molecular formula is C15H16N2OS. The highest BCUT2D eigenvalue weighted by atomic mass is 32.2. The molecule has 1 aliphatic rings. The normalized spacial score (nSPS) is 14.2. The summed E-state index contributed by atoms with van der Waals surface area (Å²) in [6, 6.07) is 7.96. The average molecular weight is 272 g/mol. The minimum Gasteiger partial charge on any atom is -0.269 e. The Morgan fingerprint density at radius 3 is 2.84 bits per heavy atom.